The van der Waals surface area contributed by atoms with Gasteiger partial charge in [0.15, 0.2) is 11.7 Å². The Kier molecular flexibility index (Phi) is 6.79. The van der Waals surface area contributed by atoms with E-state index in [1.165, 1.54) is 11.1 Å². The van der Waals surface area contributed by atoms with Gasteiger partial charge < -0.3 is 15.4 Å². The van der Waals surface area contributed by atoms with Crippen LogP contribution in [0.2, 0.25) is 0 Å². The summed E-state index contributed by atoms with van der Waals surface area (Å²) >= 11 is 0.980. The number of aryl methyl sites for hydroxylation is 1. The maximum Gasteiger partial charge on any atom is 0.434 e. The van der Waals surface area contributed by atoms with Crippen LogP contribution in [0.1, 0.15) is 34.7 Å². The lowest BCUT2D eigenvalue weighted by Crippen LogP contribution is -2.48. The van der Waals surface area contributed by atoms with Gasteiger partial charge in [-0.05, 0) is 30.9 Å². The molecule has 2 heterocycles. The van der Waals surface area contributed by atoms with Crippen molar-refractivity contribution in [3.05, 3.63) is 51.5 Å². The first-order valence-electron chi connectivity index (χ1n) is 9.44. The van der Waals surface area contributed by atoms with Crippen molar-refractivity contribution >= 4 is 17.3 Å². The van der Waals surface area contributed by atoms with Crippen molar-refractivity contribution < 1.29 is 17.9 Å². The molecule has 0 aliphatic carbocycles. The zero-order valence-electron chi connectivity index (χ0n) is 16.5. The molecular weight excluding hydrogens is 401 g/mol. The Morgan fingerprint density at radius 2 is 1.97 bits per heavy atom. The third-order valence-corrected chi connectivity index (χ3v) is 6.08. The summed E-state index contributed by atoms with van der Waals surface area (Å²) in [5.74, 6) is 0.535. The molecule has 0 atom stereocenters. The van der Waals surface area contributed by atoms with Gasteiger partial charge in [0.25, 0.3) is 0 Å². The summed E-state index contributed by atoms with van der Waals surface area (Å²) in [4.78, 5) is 7.85. The third kappa shape index (κ3) is 5.27. The van der Waals surface area contributed by atoms with Gasteiger partial charge in [-0.1, -0.05) is 24.3 Å². The van der Waals surface area contributed by atoms with E-state index in [2.05, 4.69) is 39.7 Å². The van der Waals surface area contributed by atoms with Crippen LogP contribution in [-0.4, -0.2) is 37.7 Å². The van der Waals surface area contributed by atoms with Gasteiger partial charge in [-0.3, -0.25) is 4.99 Å². The van der Waals surface area contributed by atoms with E-state index in [-0.39, 0.29) is 12.0 Å². The van der Waals surface area contributed by atoms with E-state index in [1.807, 2.05) is 12.1 Å². The fourth-order valence-electron chi connectivity index (χ4n) is 3.63. The van der Waals surface area contributed by atoms with Crippen molar-refractivity contribution in [2.45, 2.75) is 37.9 Å². The lowest BCUT2D eigenvalue weighted by atomic mass is 9.72. The van der Waals surface area contributed by atoms with Crippen LogP contribution >= 0.6 is 11.3 Å². The topological polar surface area (TPSA) is 58.5 Å². The summed E-state index contributed by atoms with van der Waals surface area (Å²) in [6, 6.07) is 8.35. The van der Waals surface area contributed by atoms with Crippen LogP contribution in [0.4, 0.5) is 13.2 Å². The summed E-state index contributed by atoms with van der Waals surface area (Å²) in [6.45, 7) is 4.34. The van der Waals surface area contributed by atoms with Gasteiger partial charge in [-0.25, -0.2) is 4.98 Å². The highest BCUT2D eigenvalue weighted by molar-refractivity contribution is 7.09. The molecule has 0 radical (unpaired) electrons. The molecule has 1 fully saturated rings. The molecule has 9 heteroatoms. The molecule has 3 rings (SSSR count). The molecule has 5 nitrogen and oxygen atoms in total. The van der Waals surface area contributed by atoms with Crippen LogP contribution < -0.4 is 10.6 Å². The molecule has 2 aromatic rings. The summed E-state index contributed by atoms with van der Waals surface area (Å²) < 4.78 is 43.7. The van der Waals surface area contributed by atoms with Gasteiger partial charge in [0, 0.05) is 37.6 Å². The molecule has 1 aromatic heterocycles. The zero-order chi connectivity index (χ0) is 20.9. The molecule has 1 aromatic carbocycles. The van der Waals surface area contributed by atoms with E-state index in [1.54, 1.807) is 7.05 Å². The minimum atomic E-state index is -4.42. The standard InChI is InChI=1S/C20H25F3N4OS/c1-14-5-3-4-6-15(14)19(7-9-28-10-8-19)13-26-18(24-2)25-11-17-27-16(12-29-17)20(21,22)23/h3-6,12H,7-11,13H2,1-2H3,(H2,24,25,26). The number of nitrogens with one attached hydrogen (secondary N) is 2. The number of hydrogen-bond acceptors (Lipinski definition) is 4. The Morgan fingerprint density at radius 3 is 2.59 bits per heavy atom. The second kappa shape index (κ2) is 9.13. The minimum absolute atomic E-state index is 0.0775. The number of guanidine groups is 1. The van der Waals surface area contributed by atoms with Gasteiger partial charge in [-0.2, -0.15) is 13.2 Å². The average molecular weight is 427 g/mol. The quantitative estimate of drug-likeness (QED) is 0.563. The monoisotopic (exact) mass is 426 g/mol. The Bertz CT molecular complexity index is 844. The second-order valence-corrected chi connectivity index (χ2v) is 8.05. The fraction of sp³-hybridized carbons (Fsp3) is 0.500. The number of thiazole rings is 1. The van der Waals surface area contributed by atoms with Crippen LogP contribution in [0, 0.1) is 6.92 Å². The Balaban J connectivity index is 1.65. The number of benzene rings is 1. The maximum atomic E-state index is 12.7. The number of ether oxygens (including phenoxy) is 1. The van der Waals surface area contributed by atoms with Crippen LogP contribution in [0.15, 0.2) is 34.6 Å². The first kappa shape index (κ1) is 21.6. The van der Waals surface area contributed by atoms with Crippen molar-refractivity contribution in [3.8, 4) is 0 Å². The summed E-state index contributed by atoms with van der Waals surface area (Å²) in [5, 5.41) is 7.80. The number of aromatic nitrogens is 1. The number of alkyl halides is 3. The molecule has 1 aliphatic heterocycles. The molecule has 2 N–H and O–H groups in total. The lowest BCUT2D eigenvalue weighted by Gasteiger charge is -2.39. The largest absolute Gasteiger partial charge is 0.434 e. The van der Waals surface area contributed by atoms with E-state index in [4.69, 9.17) is 4.74 Å². The SMILES string of the molecule is CN=C(NCc1nc(C(F)(F)F)cs1)NCC1(c2ccccc2C)CCOCC1. The number of hydrogen-bond donors (Lipinski definition) is 2. The normalized spacial score (nSPS) is 17.2. The third-order valence-electron chi connectivity index (χ3n) is 5.23. The number of aliphatic imine (C=N–C) groups is 1. The Labute approximate surface area is 172 Å². The number of halogens is 3. The summed E-state index contributed by atoms with van der Waals surface area (Å²) in [6.07, 6.45) is -2.63. The van der Waals surface area contributed by atoms with Crippen molar-refractivity contribution in [2.75, 3.05) is 26.8 Å². The molecule has 158 valence electrons. The van der Waals surface area contributed by atoms with Gasteiger partial charge in [-0.15, -0.1) is 11.3 Å². The molecule has 0 bridgehead atoms. The van der Waals surface area contributed by atoms with Gasteiger partial charge >= 0.3 is 6.18 Å². The highest BCUT2D eigenvalue weighted by Crippen LogP contribution is 2.36. The fourth-order valence-corrected chi connectivity index (χ4v) is 4.37. The van der Waals surface area contributed by atoms with Crippen molar-refractivity contribution in [1.29, 1.82) is 0 Å². The van der Waals surface area contributed by atoms with Crippen molar-refractivity contribution in [3.63, 3.8) is 0 Å². The van der Waals surface area contributed by atoms with E-state index >= 15 is 0 Å². The molecule has 1 saturated heterocycles. The smallest absolute Gasteiger partial charge is 0.381 e. The second-order valence-electron chi connectivity index (χ2n) is 7.11. The van der Waals surface area contributed by atoms with Crippen LogP contribution in [0.25, 0.3) is 0 Å². The lowest BCUT2D eigenvalue weighted by molar-refractivity contribution is -0.140. The van der Waals surface area contributed by atoms with Crippen LogP contribution in [0.5, 0.6) is 0 Å². The van der Waals surface area contributed by atoms with E-state index < -0.39 is 11.9 Å². The van der Waals surface area contributed by atoms with Crippen LogP contribution in [-0.2, 0) is 22.9 Å². The highest BCUT2D eigenvalue weighted by atomic mass is 32.1. The molecule has 0 amide bonds. The van der Waals surface area contributed by atoms with E-state index in [0.717, 1.165) is 29.6 Å². The number of rotatable bonds is 5. The zero-order valence-corrected chi connectivity index (χ0v) is 17.3. The van der Waals surface area contributed by atoms with Crippen molar-refractivity contribution in [2.24, 2.45) is 4.99 Å². The first-order valence-corrected chi connectivity index (χ1v) is 10.3. The molecule has 0 unspecified atom stereocenters. The van der Waals surface area contributed by atoms with Crippen molar-refractivity contribution in [1.82, 2.24) is 15.6 Å². The maximum absolute atomic E-state index is 12.7. The average Bonchev–Trinajstić information content (AvgIpc) is 3.19. The highest BCUT2D eigenvalue weighted by Gasteiger charge is 2.36. The van der Waals surface area contributed by atoms with E-state index in [0.29, 0.717) is 30.7 Å². The number of nitrogens with zero attached hydrogens (tertiary/aromatic N) is 2. The van der Waals surface area contributed by atoms with Crippen LogP contribution in [0.3, 0.4) is 0 Å². The van der Waals surface area contributed by atoms with Gasteiger partial charge in [0.05, 0.1) is 6.54 Å². The molecule has 29 heavy (non-hydrogen) atoms. The Hall–Kier alpha value is -2.13. The predicted octanol–water partition coefficient (Wildman–Crippen LogP) is 3.88. The predicted molar refractivity (Wildman–Crippen MR) is 108 cm³/mol. The van der Waals surface area contributed by atoms with E-state index in [9.17, 15) is 13.2 Å². The minimum Gasteiger partial charge on any atom is -0.381 e. The molecular formula is C20H25F3N4OS. The molecule has 1 aliphatic rings. The Morgan fingerprint density at radius 1 is 1.24 bits per heavy atom. The molecule has 0 saturated carbocycles. The summed E-state index contributed by atoms with van der Waals surface area (Å²) in [5.41, 5.74) is 1.59. The summed E-state index contributed by atoms with van der Waals surface area (Å²) in [7, 11) is 1.64. The van der Waals surface area contributed by atoms with Gasteiger partial charge in [0.1, 0.15) is 5.01 Å². The molecule has 0 spiro atoms. The van der Waals surface area contributed by atoms with Gasteiger partial charge in [0.2, 0.25) is 0 Å². The first-order chi connectivity index (χ1) is 13.8.